The van der Waals surface area contributed by atoms with Gasteiger partial charge in [0.15, 0.2) is 0 Å². The third-order valence-corrected chi connectivity index (χ3v) is 4.39. The van der Waals surface area contributed by atoms with E-state index in [1.54, 1.807) is 5.38 Å². The summed E-state index contributed by atoms with van der Waals surface area (Å²) in [6.07, 6.45) is 7.83. The topological polar surface area (TPSA) is 68.0 Å². The molecule has 1 fully saturated rings. The van der Waals surface area contributed by atoms with Gasteiger partial charge >= 0.3 is 0 Å². The van der Waals surface area contributed by atoms with Gasteiger partial charge in [0, 0.05) is 18.5 Å². The number of carbonyl (C=O) groups is 1. The molecular weight excluding hydrogens is 282 g/mol. The van der Waals surface area contributed by atoms with E-state index in [-0.39, 0.29) is 18.3 Å². The fraction of sp³-hybridized carbons (Fsp3) is 0.692. The number of aromatic nitrogens is 1. The molecule has 1 saturated carbocycles. The van der Waals surface area contributed by atoms with Crippen molar-refractivity contribution in [3.63, 3.8) is 0 Å². The van der Waals surface area contributed by atoms with Crippen LogP contribution >= 0.6 is 23.7 Å². The van der Waals surface area contributed by atoms with Crippen molar-refractivity contribution in [2.24, 2.45) is 11.7 Å². The minimum absolute atomic E-state index is 0. The molecule has 1 heterocycles. The summed E-state index contributed by atoms with van der Waals surface area (Å²) >= 11 is 1.44. The number of amides is 1. The molecule has 1 aliphatic rings. The molecule has 0 bridgehead atoms. The van der Waals surface area contributed by atoms with Gasteiger partial charge in [-0.2, -0.15) is 0 Å². The zero-order valence-corrected chi connectivity index (χ0v) is 12.7. The normalized spacial score (nSPS) is 15.8. The quantitative estimate of drug-likeness (QED) is 0.879. The average Bonchev–Trinajstić information content (AvgIpc) is 2.89. The standard InChI is InChI=1S/C13H21N3OS.ClH/c14-8-12-16-11(9-18-12)13(17)15-7-6-10-4-2-1-3-5-10;/h9-10H,1-8,14H2,(H,15,17);1H. The van der Waals surface area contributed by atoms with Crippen molar-refractivity contribution in [3.05, 3.63) is 16.1 Å². The van der Waals surface area contributed by atoms with E-state index in [0.29, 0.717) is 12.2 Å². The molecule has 0 spiro atoms. The first kappa shape index (κ1) is 16.4. The lowest BCUT2D eigenvalue weighted by atomic mass is 9.87. The van der Waals surface area contributed by atoms with Crippen LogP contribution in [0.5, 0.6) is 0 Å². The molecule has 1 amide bonds. The summed E-state index contributed by atoms with van der Waals surface area (Å²) in [4.78, 5) is 16.0. The van der Waals surface area contributed by atoms with Crippen molar-refractivity contribution in [3.8, 4) is 0 Å². The second kappa shape index (κ2) is 8.51. The summed E-state index contributed by atoms with van der Waals surface area (Å²) < 4.78 is 0. The second-order valence-electron chi connectivity index (χ2n) is 4.88. The Balaban J connectivity index is 0.00000180. The van der Waals surface area contributed by atoms with Crippen LogP contribution in [0.1, 0.15) is 54.0 Å². The van der Waals surface area contributed by atoms with Gasteiger partial charge in [0.1, 0.15) is 10.7 Å². The minimum atomic E-state index is -0.0678. The first-order chi connectivity index (χ1) is 8.79. The summed E-state index contributed by atoms with van der Waals surface area (Å²) in [7, 11) is 0. The van der Waals surface area contributed by atoms with Crippen LogP contribution in [-0.4, -0.2) is 17.4 Å². The second-order valence-corrected chi connectivity index (χ2v) is 5.82. The molecule has 0 aliphatic heterocycles. The highest BCUT2D eigenvalue weighted by atomic mass is 35.5. The lowest BCUT2D eigenvalue weighted by Gasteiger charge is -2.21. The molecule has 1 aromatic rings. The Labute approximate surface area is 124 Å². The van der Waals surface area contributed by atoms with Gasteiger partial charge in [0.05, 0.1) is 0 Å². The van der Waals surface area contributed by atoms with Gasteiger partial charge in [-0.25, -0.2) is 4.98 Å². The Kier molecular flexibility index (Phi) is 7.34. The summed E-state index contributed by atoms with van der Waals surface area (Å²) in [5, 5.41) is 5.54. The van der Waals surface area contributed by atoms with Crippen LogP contribution in [-0.2, 0) is 6.54 Å². The van der Waals surface area contributed by atoms with Gasteiger partial charge < -0.3 is 11.1 Å². The molecule has 0 radical (unpaired) electrons. The average molecular weight is 304 g/mol. The number of hydrogen-bond acceptors (Lipinski definition) is 4. The maximum absolute atomic E-state index is 11.8. The highest BCUT2D eigenvalue weighted by molar-refractivity contribution is 7.09. The molecular formula is C13H22ClN3OS. The third-order valence-electron chi connectivity index (χ3n) is 3.52. The fourth-order valence-corrected chi connectivity index (χ4v) is 3.12. The van der Waals surface area contributed by atoms with Crippen LogP contribution in [0.3, 0.4) is 0 Å². The van der Waals surface area contributed by atoms with Gasteiger partial charge in [-0.1, -0.05) is 32.1 Å². The van der Waals surface area contributed by atoms with E-state index in [2.05, 4.69) is 10.3 Å². The monoisotopic (exact) mass is 303 g/mol. The molecule has 108 valence electrons. The maximum Gasteiger partial charge on any atom is 0.270 e. The molecule has 0 saturated heterocycles. The van der Waals surface area contributed by atoms with E-state index in [4.69, 9.17) is 5.73 Å². The van der Waals surface area contributed by atoms with Crippen molar-refractivity contribution in [2.45, 2.75) is 45.1 Å². The van der Waals surface area contributed by atoms with Crippen LogP contribution < -0.4 is 11.1 Å². The zero-order valence-electron chi connectivity index (χ0n) is 11.1. The SMILES string of the molecule is Cl.NCc1nc(C(=O)NCCC2CCCCC2)cs1. The highest BCUT2D eigenvalue weighted by Gasteiger charge is 2.14. The largest absolute Gasteiger partial charge is 0.351 e. The van der Waals surface area contributed by atoms with Crippen molar-refractivity contribution >= 4 is 29.7 Å². The van der Waals surface area contributed by atoms with Gasteiger partial charge in [-0.05, 0) is 12.3 Å². The van der Waals surface area contributed by atoms with Crippen molar-refractivity contribution in [1.82, 2.24) is 10.3 Å². The minimum Gasteiger partial charge on any atom is -0.351 e. The van der Waals surface area contributed by atoms with E-state index < -0.39 is 0 Å². The van der Waals surface area contributed by atoms with Crippen LogP contribution in [0, 0.1) is 5.92 Å². The van der Waals surface area contributed by atoms with Gasteiger partial charge in [-0.15, -0.1) is 23.7 Å². The summed E-state index contributed by atoms with van der Waals surface area (Å²) in [6.45, 7) is 1.17. The van der Waals surface area contributed by atoms with Gasteiger partial charge in [0.25, 0.3) is 5.91 Å². The number of hydrogen-bond donors (Lipinski definition) is 2. The van der Waals surface area contributed by atoms with E-state index in [1.165, 1.54) is 43.4 Å². The molecule has 0 aromatic carbocycles. The molecule has 6 heteroatoms. The van der Waals surface area contributed by atoms with Gasteiger partial charge in [0.2, 0.25) is 0 Å². The summed E-state index contributed by atoms with van der Waals surface area (Å²) in [5.74, 6) is 0.732. The van der Waals surface area contributed by atoms with Crippen molar-refractivity contribution in [1.29, 1.82) is 0 Å². The highest BCUT2D eigenvalue weighted by Crippen LogP contribution is 2.25. The zero-order chi connectivity index (χ0) is 12.8. The molecule has 1 aliphatic carbocycles. The van der Waals surface area contributed by atoms with Crippen LogP contribution in [0.4, 0.5) is 0 Å². The summed E-state index contributed by atoms with van der Waals surface area (Å²) in [6, 6.07) is 0. The molecule has 19 heavy (non-hydrogen) atoms. The van der Waals surface area contributed by atoms with E-state index in [9.17, 15) is 4.79 Å². The predicted octanol–water partition coefficient (Wildman–Crippen LogP) is 2.72. The Morgan fingerprint density at radius 1 is 1.42 bits per heavy atom. The van der Waals surface area contributed by atoms with Crippen molar-refractivity contribution in [2.75, 3.05) is 6.54 Å². The van der Waals surface area contributed by atoms with Crippen molar-refractivity contribution < 1.29 is 4.79 Å². The molecule has 0 unspecified atom stereocenters. The lowest BCUT2D eigenvalue weighted by molar-refractivity contribution is 0.0946. The smallest absolute Gasteiger partial charge is 0.270 e. The molecule has 4 nitrogen and oxygen atoms in total. The van der Waals surface area contributed by atoms with Crippen LogP contribution in [0.15, 0.2) is 5.38 Å². The van der Waals surface area contributed by atoms with Gasteiger partial charge in [-0.3, -0.25) is 4.79 Å². The number of nitrogens with zero attached hydrogens (tertiary/aromatic N) is 1. The summed E-state index contributed by atoms with van der Waals surface area (Å²) in [5.41, 5.74) is 5.98. The van der Waals surface area contributed by atoms with E-state index in [1.807, 2.05) is 0 Å². The Hall–Kier alpha value is -0.650. The maximum atomic E-state index is 11.8. The number of nitrogens with two attached hydrogens (primary N) is 1. The fourth-order valence-electron chi connectivity index (χ4n) is 2.47. The lowest BCUT2D eigenvalue weighted by Crippen LogP contribution is -2.26. The number of thiazole rings is 1. The van der Waals surface area contributed by atoms with E-state index in [0.717, 1.165) is 23.9 Å². The third kappa shape index (κ3) is 5.09. The van der Waals surface area contributed by atoms with Crippen LogP contribution in [0.2, 0.25) is 0 Å². The number of rotatable bonds is 5. The number of halogens is 1. The molecule has 2 rings (SSSR count). The number of carbonyl (C=O) groups excluding carboxylic acids is 1. The van der Waals surface area contributed by atoms with Crippen LogP contribution in [0.25, 0.3) is 0 Å². The Morgan fingerprint density at radius 3 is 2.79 bits per heavy atom. The molecule has 1 aromatic heterocycles. The predicted molar refractivity (Wildman–Crippen MR) is 80.8 cm³/mol. The first-order valence-electron chi connectivity index (χ1n) is 6.72. The molecule has 3 N–H and O–H groups in total. The van der Waals surface area contributed by atoms with E-state index >= 15 is 0 Å². The number of nitrogens with one attached hydrogen (secondary N) is 1. The Bertz CT molecular complexity index is 391. The first-order valence-corrected chi connectivity index (χ1v) is 7.60. The molecule has 0 atom stereocenters. The Morgan fingerprint density at radius 2 is 2.16 bits per heavy atom.